The molecule has 0 amide bonds. The Kier molecular flexibility index (Phi) is 3.02. The Hall–Kier alpha value is -1.03. The first-order valence-corrected chi connectivity index (χ1v) is 8.32. The molecular weight excluding hydrogens is 248 g/mol. The van der Waals surface area contributed by atoms with Crippen LogP contribution >= 0.6 is 0 Å². The van der Waals surface area contributed by atoms with Gasteiger partial charge in [-0.15, -0.1) is 0 Å². The average Bonchev–Trinajstić information content (AvgIpc) is 3.06. The normalized spacial score (nSPS) is 28.9. The van der Waals surface area contributed by atoms with Crippen LogP contribution in [0.5, 0.6) is 0 Å². The van der Waals surface area contributed by atoms with Gasteiger partial charge in [0.2, 0.25) is 0 Å². The lowest BCUT2D eigenvalue weighted by Crippen LogP contribution is -2.43. The van der Waals surface area contributed by atoms with Gasteiger partial charge in [-0.3, -0.25) is 5.10 Å². The minimum absolute atomic E-state index is 0.320. The summed E-state index contributed by atoms with van der Waals surface area (Å²) in [5, 5.41) is 7.97. The predicted octanol–water partition coefficient (Wildman–Crippen LogP) is 2.39. The van der Waals surface area contributed by atoms with Crippen molar-refractivity contribution in [2.24, 2.45) is 11.1 Å². The minimum Gasteiger partial charge on any atom is -0.353 e. The number of aromatic nitrogens is 2. The molecule has 1 aliphatic heterocycles. The van der Waals surface area contributed by atoms with Crippen molar-refractivity contribution in [2.45, 2.75) is 63.8 Å². The molecule has 1 spiro atoms. The smallest absolute Gasteiger partial charge is 0.153 e. The summed E-state index contributed by atoms with van der Waals surface area (Å²) >= 11 is 0. The van der Waals surface area contributed by atoms with Crippen LogP contribution in [0.15, 0.2) is 0 Å². The minimum atomic E-state index is 0.320. The third-order valence-electron chi connectivity index (χ3n) is 5.81. The number of hydrogen-bond acceptors (Lipinski definition) is 3. The molecule has 1 atom stereocenters. The van der Waals surface area contributed by atoms with Crippen molar-refractivity contribution < 1.29 is 0 Å². The first kappa shape index (κ1) is 12.7. The van der Waals surface area contributed by atoms with Crippen molar-refractivity contribution in [3.63, 3.8) is 0 Å². The van der Waals surface area contributed by atoms with E-state index in [1.165, 1.54) is 68.4 Å². The largest absolute Gasteiger partial charge is 0.353 e. The zero-order valence-electron chi connectivity index (χ0n) is 12.3. The van der Waals surface area contributed by atoms with Gasteiger partial charge in [0.25, 0.3) is 0 Å². The van der Waals surface area contributed by atoms with Crippen LogP contribution in [0.25, 0.3) is 0 Å². The molecule has 0 radical (unpaired) electrons. The van der Waals surface area contributed by atoms with Crippen LogP contribution < -0.4 is 10.6 Å². The van der Waals surface area contributed by atoms with Crippen LogP contribution in [0.3, 0.4) is 0 Å². The fourth-order valence-electron chi connectivity index (χ4n) is 4.65. The van der Waals surface area contributed by atoms with Crippen molar-refractivity contribution >= 4 is 5.82 Å². The van der Waals surface area contributed by atoms with Crippen LogP contribution in [0.1, 0.15) is 56.2 Å². The number of nitrogens with two attached hydrogens (primary N) is 1. The van der Waals surface area contributed by atoms with Gasteiger partial charge in [-0.1, -0.05) is 12.8 Å². The van der Waals surface area contributed by atoms with Gasteiger partial charge < -0.3 is 10.6 Å². The highest BCUT2D eigenvalue weighted by molar-refractivity contribution is 5.51. The van der Waals surface area contributed by atoms with Crippen LogP contribution in [-0.4, -0.2) is 29.3 Å². The van der Waals surface area contributed by atoms with E-state index < -0.39 is 0 Å². The second-order valence-corrected chi connectivity index (χ2v) is 7.24. The third-order valence-corrected chi connectivity index (χ3v) is 5.81. The van der Waals surface area contributed by atoms with Gasteiger partial charge in [-0.05, 0) is 50.4 Å². The molecule has 3 N–H and O–H groups in total. The van der Waals surface area contributed by atoms with E-state index in [0.29, 0.717) is 11.5 Å². The maximum Gasteiger partial charge on any atom is 0.153 e. The number of piperidine rings is 1. The van der Waals surface area contributed by atoms with Crippen molar-refractivity contribution in [1.82, 2.24) is 10.2 Å². The van der Waals surface area contributed by atoms with Crippen molar-refractivity contribution in [3.8, 4) is 0 Å². The van der Waals surface area contributed by atoms with E-state index in [9.17, 15) is 0 Å². The number of aromatic amines is 1. The number of H-pyrrole nitrogens is 1. The molecule has 0 aromatic carbocycles. The Morgan fingerprint density at radius 3 is 2.85 bits per heavy atom. The SMILES string of the molecule is NC1CCCN(c2n[nH]c3c2CC2(CCCC2)CC3)C1. The third kappa shape index (κ3) is 2.05. The molecule has 2 heterocycles. The van der Waals surface area contributed by atoms with Crippen molar-refractivity contribution in [2.75, 3.05) is 18.0 Å². The van der Waals surface area contributed by atoms with Gasteiger partial charge >= 0.3 is 0 Å². The molecule has 3 aliphatic rings. The second kappa shape index (κ2) is 4.76. The maximum absolute atomic E-state index is 6.14. The van der Waals surface area contributed by atoms with E-state index in [1.54, 1.807) is 0 Å². The van der Waals surface area contributed by atoms with Crippen LogP contribution in [0.2, 0.25) is 0 Å². The van der Waals surface area contributed by atoms with E-state index >= 15 is 0 Å². The summed E-state index contributed by atoms with van der Waals surface area (Å²) in [6.07, 6.45) is 11.9. The summed E-state index contributed by atoms with van der Waals surface area (Å²) in [5.41, 5.74) is 9.66. The lowest BCUT2D eigenvalue weighted by molar-refractivity contribution is 0.254. The molecule has 4 rings (SSSR count). The highest BCUT2D eigenvalue weighted by atomic mass is 15.3. The predicted molar refractivity (Wildman–Crippen MR) is 80.9 cm³/mol. The van der Waals surface area contributed by atoms with Gasteiger partial charge in [0, 0.05) is 30.4 Å². The average molecular weight is 274 g/mol. The summed E-state index contributed by atoms with van der Waals surface area (Å²) in [7, 11) is 0. The first-order chi connectivity index (χ1) is 9.76. The molecule has 4 nitrogen and oxygen atoms in total. The van der Waals surface area contributed by atoms with E-state index in [2.05, 4.69) is 15.1 Å². The molecular formula is C16H26N4. The molecule has 4 heteroatoms. The Balaban J connectivity index is 1.61. The van der Waals surface area contributed by atoms with Crippen LogP contribution in [0.4, 0.5) is 5.82 Å². The van der Waals surface area contributed by atoms with E-state index in [1.807, 2.05) is 0 Å². The maximum atomic E-state index is 6.14. The molecule has 1 saturated carbocycles. The fourth-order valence-corrected chi connectivity index (χ4v) is 4.65. The number of rotatable bonds is 1. The number of hydrogen-bond donors (Lipinski definition) is 2. The van der Waals surface area contributed by atoms with Gasteiger partial charge in [-0.2, -0.15) is 5.10 Å². The molecule has 20 heavy (non-hydrogen) atoms. The number of nitrogens with zero attached hydrogens (tertiary/aromatic N) is 2. The molecule has 1 unspecified atom stereocenters. The Bertz CT molecular complexity index is 487. The summed E-state index contributed by atoms with van der Waals surface area (Å²) in [6.45, 7) is 2.10. The summed E-state index contributed by atoms with van der Waals surface area (Å²) in [4.78, 5) is 2.43. The Labute approximate surface area is 121 Å². The first-order valence-electron chi connectivity index (χ1n) is 8.32. The summed E-state index contributed by atoms with van der Waals surface area (Å²) in [6, 6.07) is 0.320. The highest BCUT2D eigenvalue weighted by Gasteiger charge is 2.39. The second-order valence-electron chi connectivity index (χ2n) is 7.24. The molecule has 1 aromatic rings. The summed E-state index contributed by atoms with van der Waals surface area (Å²) in [5.74, 6) is 1.22. The fraction of sp³-hybridized carbons (Fsp3) is 0.812. The number of anilines is 1. The number of nitrogens with one attached hydrogen (secondary N) is 1. The quantitative estimate of drug-likeness (QED) is 0.826. The monoisotopic (exact) mass is 274 g/mol. The van der Waals surface area contributed by atoms with E-state index in [4.69, 9.17) is 5.73 Å². The van der Waals surface area contributed by atoms with Gasteiger partial charge in [-0.25, -0.2) is 0 Å². The summed E-state index contributed by atoms with van der Waals surface area (Å²) < 4.78 is 0. The lowest BCUT2D eigenvalue weighted by Gasteiger charge is -2.36. The standard InChI is InChI=1S/C16H26N4/c17-12-4-3-9-20(11-12)15-13-10-16(6-1-2-7-16)8-5-14(13)18-19-15/h12H,1-11,17H2,(H,18,19). The van der Waals surface area contributed by atoms with Crippen LogP contribution in [-0.2, 0) is 12.8 Å². The molecule has 2 fully saturated rings. The number of fused-ring (bicyclic) bond motifs is 1. The van der Waals surface area contributed by atoms with Crippen LogP contribution in [0, 0.1) is 5.41 Å². The van der Waals surface area contributed by atoms with E-state index in [-0.39, 0.29) is 0 Å². The van der Waals surface area contributed by atoms with Crippen molar-refractivity contribution in [3.05, 3.63) is 11.3 Å². The van der Waals surface area contributed by atoms with Crippen molar-refractivity contribution in [1.29, 1.82) is 0 Å². The zero-order chi connectivity index (χ0) is 13.6. The molecule has 0 bridgehead atoms. The van der Waals surface area contributed by atoms with E-state index in [0.717, 1.165) is 19.5 Å². The number of aryl methyl sites for hydroxylation is 1. The Morgan fingerprint density at radius 1 is 1.20 bits per heavy atom. The Morgan fingerprint density at radius 2 is 2.05 bits per heavy atom. The zero-order valence-corrected chi connectivity index (χ0v) is 12.3. The molecule has 2 aliphatic carbocycles. The lowest BCUT2D eigenvalue weighted by atomic mass is 9.72. The van der Waals surface area contributed by atoms with Gasteiger partial charge in [0.15, 0.2) is 5.82 Å². The molecule has 1 saturated heterocycles. The van der Waals surface area contributed by atoms with Gasteiger partial charge in [0.05, 0.1) is 0 Å². The molecule has 110 valence electrons. The highest BCUT2D eigenvalue weighted by Crippen LogP contribution is 2.49. The topological polar surface area (TPSA) is 57.9 Å². The van der Waals surface area contributed by atoms with Gasteiger partial charge in [0.1, 0.15) is 0 Å². The molecule has 1 aromatic heterocycles.